The van der Waals surface area contributed by atoms with Crippen LogP contribution in [0.4, 0.5) is 0 Å². The first kappa shape index (κ1) is 32.2. The molecule has 1 heterocycles. The number of carboxylic acid groups (broad SMARTS) is 2. The molecule has 0 bridgehead atoms. The molecule has 0 spiro atoms. The van der Waals surface area contributed by atoms with E-state index in [1.807, 2.05) is 13.0 Å². The Balaban J connectivity index is 1.31. The smallest absolute Gasteiger partial charge is 0.333 e. The topological polar surface area (TPSA) is 130 Å². The molecule has 12 atom stereocenters. The quantitative estimate of drug-likeness (QED) is 0.311. The summed E-state index contributed by atoms with van der Waals surface area (Å²) < 4.78 is 12.3. The normalized spacial score (nSPS) is 51.6. The molecule has 8 nitrogen and oxygen atoms in total. The fraction of sp³-hybridized carbons (Fsp3) is 0.861. The third-order valence-electron chi connectivity index (χ3n) is 14.9. The molecule has 1 saturated heterocycles. The van der Waals surface area contributed by atoms with Gasteiger partial charge in [0.1, 0.15) is 0 Å². The lowest BCUT2D eigenvalue weighted by Gasteiger charge is -2.70. The maximum Gasteiger partial charge on any atom is 0.333 e. The highest BCUT2D eigenvalue weighted by atomic mass is 16.7. The minimum Gasteiger partial charge on any atom is -0.481 e. The molecule has 6 rings (SSSR count). The van der Waals surface area contributed by atoms with Gasteiger partial charge in [0, 0.05) is 18.8 Å². The molecule has 4 saturated carbocycles. The lowest BCUT2D eigenvalue weighted by molar-refractivity contribution is -0.275. The van der Waals surface area contributed by atoms with Gasteiger partial charge in [-0.1, -0.05) is 47.1 Å². The third-order valence-corrected chi connectivity index (χ3v) is 14.9. The summed E-state index contributed by atoms with van der Waals surface area (Å²) in [4.78, 5) is 38.6. The second-order valence-corrected chi connectivity index (χ2v) is 17.6. The molecular weight excluding hydrogens is 560 g/mol. The van der Waals surface area contributed by atoms with Gasteiger partial charge in [0.25, 0.3) is 0 Å². The Morgan fingerprint density at radius 3 is 2.25 bits per heavy atom. The van der Waals surface area contributed by atoms with Gasteiger partial charge in [0.05, 0.1) is 17.6 Å². The van der Waals surface area contributed by atoms with Gasteiger partial charge in [0.15, 0.2) is 18.2 Å². The zero-order chi connectivity index (χ0) is 32.3. The summed E-state index contributed by atoms with van der Waals surface area (Å²) in [5.41, 5.74) is -0.445. The van der Waals surface area contributed by atoms with Crippen LogP contribution in [-0.2, 0) is 23.9 Å². The second-order valence-electron chi connectivity index (χ2n) is 17.6. The molecule has 5 fully saturated rings. The van der Waals surface area contributed by atoms with Crippen LogP contribution in [0, 0.1) is 50.2 Å². The molecule has 0 aromatic carbocycles. The van der Waals surface area contributed by atoms with E-state index in [2.05, 4.69) is 41.5 Å². The standard InChI is InChI=1S/C36H54O8/c1-31(2)25-8-11-36(7)28(34(25,5)10-9-26(31)44-27-17-20(37)16-24(43-27)29(39)40)23(38)18-21-22-19-33(4,30(41)42)13-12-32(22,3)14-15-35(21,36)6/h18,20,22,24-28,37H,8-17,19H2,1-7H3,(H,39,40)(H,41,42)/t20-,22-,24-,25-,26-,27?,28+,32+,33-,34-,35+,36+/m0/s1. The minimum absolute atomic E-state index is 0.0245. The molecule has 246 valence electrons. The first-order valence-corrected chi connectivity index (χ1v) is 17.0. The molecule has 8 heteroatoms. The van der Waals surface area contributed by atoms with Crippen LogP contribution in [-0.4, -0.2) is 57.6 Å². The van der Waals surface area contributed by atoms with Crippen molar-refractivity contribution in [2.24, 2.45) is 50.2 Å². The Bertz CT molecular complexity index is 1270. The molecule has 3 N–H and O–H groups in total. The number of ketones is 1. The monoisotopic (exact) mass is 614 g/mol. The molecule has 1 aliphatic heterocycles. The number of aliphatic hydroxyl groups is 1. The van der Waals surface area contributed by atoms with Crippen molar-refractivity contribution in [1.29, 1.82) is 0 Å². The van der Waals surface area contributed by atoms with Gasteiger partial charge >= 0.3 is 11.9 Å². The van der Waals surface area contributed by atoms with Crippen LogP contribution in [0.1, 0.15) is 119 Å². The van der Waals surface area contributed by atoms with E-state index in [0.717, 1.165) is 44.9 Å². The summed E-state index contributed by atoms with van der Waals surface area (Å²) in [6.07, 6.45) is 7.21. The SMILES string of the molecule is CC1(C)[C@@H](OC2C[C@@H](O)C[C@@H](C(=O)O)O2)CC[C@]2(C)[C@H]3C(=O)C=C4[C@@H]5C[C@@](C)(C(=O)O)CC[C@]5(C)CC[C@@]4(C)[C@]3(C)CC[C@@H]12. The number of ether oxygens (including phenoxy) is 2. The molecule has 44 heavy (non-hydrogen) atoms. The fourth-order valence-corrected chi connectivity index (χ4v) is 11.9. The van der Waals surface area contributed by atoms with E-state index in [9.17, 15) is 29.7 Å². The second kappa shape index (κ2) is 10.1. The van der Waals surface area contributed by atoms with Crippen molar-refractivity contribution < 1.29 is 39.2 Å². The van der Waals surface area contributed by atoms with Gasteiger partial charge in [-0.15, -0.1) is 0 Å². The van der Waals surface area contributed by atoms with Crippen molar-refractivity contribution in [1.82, 2.24) is 0 Å². The van der Waals surface area contributed by atoms with Crippen LogP contribution < -0.4 is 0 Å². The Kier molecular flexibility index (Phi) is 7.40. The highest BCUT2D eigenvalue weighted by Gasteiger charge is 2.70. The fourth-order valence-electron chi connectivity index (χ4n) is 11.9. The van der Waals surface area contributed by atoms with E-state index < -0.39 is 35.9 Å². The molecule has 0 aromatic rings. The van der Waals surface area contributed by atoms with Crippen LogP contribution >= 0.6 is 0 Å². The summed E-state index contributed by atoms with van der Waals surface area (Å²) in [5, 5.41) is 30.0. The lowest BCUT2D eigenvalue weighted by atomic mass is 9.33. The zero-order valence-corrected chi connectivity index (χ0v) is 27.8. The van der Waals surface area contributed by atoms with Crippen molar-refractivity contribution in [3.8, 4) is 0 Å². The number of hydrogen-bond donors (Lipinski definition) is 3. The summed E-state index contributed by atoms with van der Waals surface area (Å²) >= 11 is 0. The van der Waals surface area contributed by atoms with Crippen molar-refractivity contribution in [2.45, 2.75) is 144 Å². The average molecular weight is 615 g/mol. The van der Waals surface area contributed by atoms with Crippen LogP contribution in [0.2, 0.25) is 0 Å². The first-order valence-electron chi connectivity index (χ1n) is 17.0. The molecule has 0 radical (unpaired) electrons. The molecule has 0 amide bonds. The van der Waals surface area contributed by atoms with Gasteiger partial charge in [-0.2, -0.15) is 0 Å². The van der Waals surface area contributed by atoms with E-state index in [0.29, 0.717) is 12.8 Å². The number of rotatable bonds is 4. The van der Waals surface area contributed by atoms with Gasteiger partial charge in [-0.25, -0.2) is 4.79 Å². The van der Waals surface area contributed by atoms with Gasteiger partial charge in [0.2, 0.25) is 0 Å². The number of carbonyl (C=O) groups excluding carboxylic acids is 1. The number of hydrogen-bond acceptors (Lipinski definition) is 6. The summed E-state index contributed by atoms with van der Waals surface area (Å²) in [7, 11) is 0. The molecule has 0 aromatic heterocycles. The maximum absolute atomic E-state index is 14.6. The van der Waals surface area contributed by atoms with E-state index in [-0.39, 0.29) is 69.6 Å². The van der Waals surface area contributed by atoms with Crippen molar-refractivity contribution in [3.63, 3.8) is 0 Å². The van der Waals surface area contributed by atoms with E-state index in [1.54, 1.807) is 0 Å². The minimum atomic E-state index is -1.08. The number of carbonyl (C=O) groups is 3. The van der Waals surface area contributed by atoms with Gasteiger partial charge < -0.3 is 24.8 Å². The summed E-state index contributed by atoms with van der Waals surface area (Å²) in [6, 6.07) is 0. The average Bonchev–Trinajstić information content (AvgIpc) is 2.92. The van der Waals surface area contributed by atoms with E-state index >= 15 is 0 Å². The number of allylic oxidation sites excluding steroid dienone is 2. The van der Waals surface area contributed by atoms with Crippen molar-refractivity contribution >= 4 is 17.7 Å². The molecular formula is C36H54O8. The Morgan fingerprint density at radius 2 is 1.59 bits per heavy atom. The molecule has 6 aliphatic rings. The Hall–Kier alpha value is -1.77. The Labute approximate surface area is 262 Å². The largest absolute Gasteiger partial charge is 0.481 e. The zero-order valence-electron chi connectivity index (χ0n) is 27.8. The van der Waals surface area contributed by atoms with Crippen molar-refractivity contribution in [2.75, 3.05) is 0 Å². The van der Waals surface area contributed by atoms with Crippen LogP contribution in [0.25, 0.3) is 0 Å². The predicted octanol–water partition coefficient (Wildman–Crippen LogP) is 6.39. The number of aliphatic hydroxyl groups excluding tert-OH is 1. The van der Waals surface area contributed by atoms with E-state index in [4.69, 9.17) is 9.47 Å². The summed E-state index contributed by atoms with van der Waals surface area (Å²) in [5.74, 6) is -1.40. The highest BCUT2D eigenvalue weighted by Crippen LogP contribution is 2.75. The highest BCUT2D eigenvalue weighted by molar-refractivity contribution is 5.95. The predicted molar refractivity (Wildman–Crippen MR) is 163 cm³/mol. The number of fused-ring (bicyclic) bond motifs is 7. The summed E-state index contributed by atoms with van der Waals surface area (Å²) in [6.45, 7) is 15.8. The maximum atomic E-state index is 14.6. The first-order chi connectivity index (χ1) is 20.3. The Morgan fingerprint density at radius 1 is 0.909 bits per heavy atom. The number of carboxylic acids is 2. The van der Waals surface area contributed by atoms with Gasteiger partial charge in [-0.3, -0.25) is 9.59 Å². The molecule has 1 unspecified atom stereocenters. The number of aliphatic carboxylic acids is 2. The van der Waals surface area contributed by atoms with Crippen LogP contribution in [0.15, 0.2) is 11.6 Å². The van der Waals surface area contributed by atoms with Crippen molar-refractivity contribution in [3.05, 3.63) is 11.6 Å². The van der Waals surface area contributed by atoms with Crippen LogP contribution in [0.5, 0.6) is 0 Å². The lowest BCUT2D eigenvalue weighted by Crippen LogP contribution is -2.67. The molecule has 5 aliphatic carbocycles. The van der Waals surface area contributed by atoms with Crippen LogP contribution in [0.3, 0.4) is 0 Å². The van der Waals surface area contributed by atoms with Gasteiger partial charge in [-0.05, 0) is 110 Å². The third kappa shape index (κ3) is 4.43. The van der Waals surface area contributed by atoms with E-state index in [1.165, 1.54) is 5.57 Å².